The Morgan fingerprint density at radius 3 is 1.32 bits per heavy atom. The topological polar surface area (TPSA) is 98.8 Å². The molecule has 2 aliphatic heterocycles. The summed E-state index contributed by atoms with van der Waals surface area (Å²) < 4.78 is 3.47. The van der Waals surface area contributed by atoms with Crippen LogP contribution in [0.2, 0.25) is 0 Å². The third-order valence-corrected chi connectivity index (χ3v) is 17.9. The predicted molar refractivity (Wildman–Crippen MR) is 264 cm³/mol. The van der Waals surface area contributed by atoms with Crippen molar-refractivity contribution >= 4 is 101 Å². The van der Waals surface area contributed by atoms with Gasteiger partial charge in [0.1, 0.15) is 0 Å². The molecule has 0 spiro atoms. The van der Waals surface area contributed by atoms with Crippen molar-refractivity contribution in [1.29, 1.82) is 0 Å². The van der Waals surface area contributed by atoms with Crippen molar-refractivity contribution in [2.75, 3.05) is 26.2 Å². The van der Waals surface area contributed by atoms with Crippen LogP contribution in [-0.4, -0.2) is 86.6 Å². The fourth-order valence-electron chi connectivity index (χ4n) is 8.54. The van der Waals surface area contributed by atoms with Gasteiger partial charge in [0.15, 0.2) is 0 Å². The molecule has 324 valence electrons. The van der Waals surface area contributed by atoms with Crippen LogP contribution in [0.25, 0.3) is 22.3 Å². The first kappa shape index (κ1) is 45.2. The number of carbonyl (C=O) groups excluding carboxylic acids is 4. The molecule has 4 aromatic carbocycles. The number of thiophene rings is 2. The number of likely N-dealkylation sites (tertiary alicyclic amines) is 2. The Balaban J connectivity index is 1.22. The number of benzene rings is 4. The first-order valence-corrected chi connectivity index (χ1v) is 26.2. The van der Waals surface area contributed by atoms with Gasteiger partial charge < -0.3 is 0 Å². The summed E-state index contributed by atoms with van der Waals surface area (Å²) >= 11 is 9.90. The SMILES string of the molecule is Cc1sc([Se]c2sc(C)c(-c3cccc(Br)c3)c2C(=O)NC(Cc2ccccc2)C(=O)N2CCCC2)c(C(=O)NC(Cc2ccccc2)C(=O)N2CCCC2)c1-c1cccc(Br)c1. The van der Waals surface area contributed by atoms with Crippen molar-refractivity contribution in [3.05, 3.63) is 150 Å². The summed E-state index contributed by atoms with van der Waals surface area (Å²) in [5.41, 5.74) is 6.37. The van der Waals surface area contributed by atoms with E-state index in [1.54, 1.807) is 22.7 Å². The molecule has 2 fully saturated rings. The van der Waals surface area contributed by atoms with E-state index >= 15 is 9.59 Å². The van der Waals surface area contributed by atoms with Crippen LogP contribution < -0.4 is 18.2 Å². The van der Waals surface area contributed by atoms with Gasteiger partial charge in [-0.15, -0.1) is 0 Å². The zero-order valence-electron chi connectivity index (χ0n) is 35.1. The standard InChI is InChI=1S/C50H48Br2N4O4S2Se/c1-31-41(35-19-13-21-37(51)29-35)43(45(57)53-39(27-33-15-5-3-6-16-33)47(59)55-23-9-10-24-55)49(61-31)63-50-44(42(32(2)62-50)36-20-14-22-38(52)30-36)46(58)54-40(28-34-17-7-4-8-18-34)48(60)56-25-11-12-26-56/h3-8,13-22,29-30,39-40H,9-12,23-28H2,1-2H3,(H,53,57)(H,54,58). The van der Waals surface area contributed by atoms with Crippen LogP contribution in [0.1, 0.15) is 67.3 Å². The van der Waals surface area contributed by atoms with Crippen molar-refractivity contribution in [2.24, 2.45) is 0 Å². The predicted octanol–water partition coefficient (Wildman–Crippen LogP) is 8.87. The van der Waals surface area contributed by atoms with Gasteiger partial charge >= 0.3 is 403 Å². The fourth-order valence-corrected chi connectivity index (χ4v) is 16.1. The van der Waals surface area contributed by atoms with Crippen molar-refractivity contribution in [3.8, 4) is 22.3 Å². The minimum absolute atomic E-state index is 0.0762. The van der Waals surface area contributed by atoms with E-state index in [-0.39, 0.29) is 23.6 Å². The van der Waals surface area contributed by atoms with Gasteiger partial charge in [0.25, 0.3) is 0 Å². The van der Waals surface area contributed by atoms with Crippen LogP contribution in [0, 0.1) is 13.8 Å². The molecule has 8 rings (SSSR count). The van der Waals surface area contributed by atoms with Crippen LogP contribution >= 0.6 is 54.5 Å². The molecular weight excluding hydrogens is 1020 g/mol. The van der Waals surface area contributed by atoms with Crippen LogP contribution in [0.3, 0.4) is 0 Å². The number of hydrogen-bond donors (Lipinski definition) is 2. The van der Waals surface area contributed by atoms with Gasteiger partial charge in [0.05, 0.1) is 0 Å². The first-order valence-electron chi connectivity index (χ1n) is 21.3. The van der Waals surface area contributed by atoms with Crippen molar-refractivity contribution in [1.82, 2.24) is 20.4 Å². The maximum absolute atomic E-state index is 15.1. The second-order valence-corrected chi connectivity index (χ2v) is 23.6. The summed E-state index contributed by atoms with van der Waals surface area (Å²) in [5.74, 6) is -0.781. The monoisotopic (exact) mass is 1070 g/mol. The van der Waals surface area contributed by atoms with E-state index in [4.69, 9.17) is 0 Å². The number of hydrogen-bond acceptors (Lipinski definition) is 6. The molecule has 6 aromatic rings. The fraction of sp³-hybridized carbons (Fsp3) is 0.280. The molecule has 0 aliphatic carbocycles. The molecule has 13 heteroatoms. The molecule has 4 amide bonds. The van der Waals surface area contributed by atoms with Gasteiger partial charge in [-0.05, 0) is 0 Å². The van der Waals surface area contributed by atoms with Crippen LogP contribution in [-0.2, 0) is 22.4 Å². The average molecular weight is 1070 g/mol. The number of aryl methyl sites for hydroxylation is 2. The zero-order chi connectivity index (χ0) is 44.0. The number of carbonyl (C=O) groups is 4. The second-order valence-electron chi connectivity index (χ2n) is 16.0. The van der Waals surface area contributed by atoms with Crippen LogP contribution in [0.4, 0.5) is 0 Å². The van der Waals surface area contributed by atoms with E-state index in [9.17, 15) is 9.59 Å². The summed E-state index contributed by atoms with van der Waals surface area (Å²) in [5, 5.41) is 6.50. The van der Waals surface area contributed by atoms with Gasteiger partial charge in [-0.25, -0.2) is 0 Å². The number of amides is 4. The molecule has 2 saturated heterocycles. The first-order chi connectivity index (χ1) is 30.5. The van der Waals surface area contributed by atoms with E-state index in [0.29, 0.717) is 50.1 Å². The van der Waals surface area contributed by atoms with E-state index in [0.717, 1.165) is 85.3 Å². The number of rotatable bonds is 14. The Morgan fingerprint density at radius 2 is 0.952 bits per heavy atom. The number of nitrogens with zero attached hydrogens (tertiary/aromatic N) is 2. The summed E-state index contributed by atoms with van der Waals surface area (Å²) in [7, 11) is 0. The van der Waals surface area contributed by atoms with Gasteiger partial charge in [0, 0.05) is 0 Å². The second kappa shape index (κ2) is 20.6. The van der Waals surface area contributed by atoms with Gasteiger partial charge in [-0.2, -0.15) is 0 Å². The van der Waals surface area contributed by atoms with E-state index in [1.807, 2.05) is 133 Å². The molecule has 0 bridgehead atoms. The van der Waals surface area contributed by atoms with Crippen LogP contribution in [0.15, 0.2) is 118 Å². The van der Waals surface area contributed by atoms with E-state index in [2.05, 4.69) is 42.5 Å². The number of nitrogens with one attached hydrogen (secondary N) is 2. The Kier molecular flexibility index (Phi) is 14.8. The third kappa shape index (κ3) is 10.6. The van der Waals surface area contributed by atoms with E-state index < -0.39 is 27.0 Å². The van der Waals surface area contributed by atoms with E-state index in [1.165, 1.54) is 0 Å². The molecule has 2 unspecified atom stereocenters. The summed E-state index contributed by atoms with van der Waals surface area (Å²) in [4.78, 5) is 64.3. The van der Waals surface area contributed by atoms with Gasteiger partial charge in [0.2, 0.25) is 0 Å². The normalized spacial score (nSPS) is 14.7. The Labute approximate surface area is 400 Å². The van der Waals surface area contributed by atoms with Gasteiger partial charge in [-0.3, -0.25) is 0 Å². The summed E-state index contributed by atoms with van der Waals surface area (Å²) in [6, 6.07) is 34.0. The average Bonchev–Trinajstić information content (AvgIpc) is 4.11. The molecule has 2 atom stereocenters. The molecule has 2 aromatic heterocycles. The Hall–Kier alpha value is -4.36. The molecule has 8 nitrogen and oxygen atoms in total. The minimum atomic E-state index is -0.767. The molecule has 2 N–H and O–H groups in total. The quantitative estimate of drug-likeness (QED) is 0.107. The molecule has 0 saturated carbocycles. The maximum atomic E-state index is 15.1. The Bertz CT molecular complexity index is 2440. The van der Waals surface area contributed by atoms with Crippen molar-refractivity contribution < 1.29 is 19.2 Å². The number of halogens is 2. The molecule has 63 heavy (non-hydrogen) atoms. The third-order valence-electron chi connectivity index (χ3n) is 11.6. The molecule has 2 aliphatic rings. The summed E-state index contributed by atoms with van der Waals surface area (Å²) in [6.07, 6.45) is 4.50. The van der Waals surface area contributed by atoms with Crippen molar-refractivity contribution in [2.45, 2.75) is 64.5 Å². The molecule has 4 heterocycles. The Morgan fingerprint density at radius 1 is 0.571 bits per heavy atom. The summed E-state index contributed by atoms with van der Waals surface area (Å²) in [6.45, 7) is 6.77. The van der Waals surface area contributed by atoms with Crippen molar-refractivity contribution in [3.63, 3.8) is 0 Å². The van der Waals surface area contributed by atoms with Gasteiger partial charge in [-0.1, -0.05) is 0 Å². The van der Waals surface area contributed by atoms with Crippen LogP contribution in [0.5, 0.6) is 0 Å². The molecular formula is C50H48Br2N4O4S2Se. The molecule has 0 radical (unpaired) electrons. The zero-order valence-corrected chi connectivity index (χ0v) is 41.6.